The highest BCUT2D eigenvalue weighted by atomic mass is 32.1. The van der Waals surface area contributed by atoms with E-state index >= 15 is 0 Å². The molecule has 9 nitrogen and oxygen atoms in total. The van der Waals surface area contributed by atoms with Gasteiger partial charge in [0.2, 0.25) is 0 Å². The van der Waals surface area contributed by atoms with Gasteiger partial charge in [-0.3, -0.25) is 15.5 Å². The molecule has 0 bridgehead atoms. The molecule has 1 aromatic heterocycles. The van der Waals surface area contributed by atoms with Crippen LogP contribution in [0.5, 0.6) is 5.75 Å². The second-order valence-electron chi connectivity index (χ2n) is 8.75. The highest BCUT2D eigenvalue weighted by Gasteiger charge is 2.17. The average molecular weight is 567 g/mol. The van der Waals surface area contributed by atoms with Crippen molar-refractivity contribution in [3.8, 4) is 38.6 Å². The molecule has 0 atom stereocenters. The molecule has 0 unspecified atom stereocenters. The van der Waals surface area contributed by atoms with Gasteiger partial charge in [0.05, 0.1) is 22.6 Å². The van der Waals surface area contributed by atoms with Gasteiger partial charge in [0.25, 0.3) is 5.69 Å². The Morgan fingerprint density at radius 2 is 1.46 bits per heavy atom. The standard InChI is InChI=1S/C22H18N2OS.C9H8N2O4/c1-25-19-13-11-18(12-14-19)21-20(24-22(23)26-21)17-9-7-16(8-10-17)15-5-3-2-4-6-15;10-7(9(12)13)5-6-3-1-2-4-8(6)11(14)15/h2-14H,1H3,(H2,23,24);1-4,10H,5H2,(H,12,13). The van der Waals surface area contributed by atoms with Gasteiger partial charge >= 0.3 is 5.97 Å². The number of anilines is 1. The van der Waals surface area contributed by atoms with Crippen LogP contribution >= 0.6 is 11.3 Å². The summed E-state index contributed by atoms with van der Waals surface area (Å²) >= 11 is 1.50. The van der Waals surface area contributed by atoms with Crippen LogP contribution in [0.4, 0.5) is 10.8 Å². The number of hydrogen-bond donors (Lipinski definition) is 3. The number of nitrogens with two attached hydrogens (primary N) is 1. The molecule has 41 heavy (non-hydrogen) atoms. The van der Waals surface area contributed by atoms with Crippen LogP contribution in [0.25, 0.3) is 32.8 Å². The van der Waals surface area contributed by atoms with Gasteiger partial charge in [-0.1, -0.05) is 84.1 Å². The molecule has 0 aliphatic carbocycles. The summed E-state index contributed by atoms with van der Waals surface area (Å²) in [7, 11) is 1.67. The summed E-state index contributed by atoms with van der Waals surface area (Å²) in [5, 5.41) is 26.7. The van der Waals surface area contributed by atoms with Crippen LogP contribution in [0.2, 0.25) is 0 Å². The Kier molecular flexibility index (Phi) is 9.18. The highest BCUT2D eigenvalue weighted by molar-refractivity contribution is 7.19. The third kappa shape index (κ3) is 7.20. The molecule has 4 N–H and O–H groups in total. The molecule has 0 spiro atoms. The van der Waals surface area contributed by atoms with Crippen LogP contribution in [0.1, 0.15) is 5.56 Å². The zero-order valence-electron chi connectivity index (χ0n) is 22.0. The summed E-state index contributed by atoms with van der Waals surface area (Å²) in [5.41, 5.74) is 11.0. The summed E-state index contributed by atoms with van der Waals surface area (Å²) in [6, 6.07) is 32.5. The zero-order valence-corrected chi connectivity index (χ0v) is 22.8. The van der Waals surface area contributed by atoms with Gasteiger partial charge in [-0.15, -0.1) is 0 Å². The highest BCUT2D eigenvalue weighted by Crippen LogP contribution is 2.39. The second kappa shape index (κ2) is 13.1. The van der Waals surface area contributed by atoms with Crippen molar-refractivity contribution in [3.05, 3.63) is 119 Å². The Hall–Kier alpha value is -5.35. The quantitative estimate of drug-likeness (QED) is 0.104. The number of nitro groups is 1. The number of nitrogens with one attached hydrogen (secondary N) is 1. The van der Waals surface area contributed by atoms with E-state index in [-0.39, 0.29) is 17.7 Å². The molecule has 5 rings (SSSR count). The Labute approximate surface area is 240 Å². The minimum atomic E-state index is -1.37. The number of carbonyl (C=O) groups is 1. The molecule has 206 valence electrons. The fourth-order valence-corrected chi connectivity index (χ4v) is 4.89. The number of thiazole rings is 1. The number of ether oxygens (including phenoxy) is 1. The Morgan fingerprint density at radius 3 is 2.07 bits per heavy atom. The van der Waals surface area contributed by atoms with Gasteiger partial charge in [-0.25, -0.2) is 9.78 Å². The number of nitrogens with zero attached hydrogens (tertiary/aromatic N) is 2. The van der Waals surface area contributed by atoms with Gasteiger partial charge < -0.3 is 15.6 Å². The minimum Gasteiger partial charge on any atom is -0.497 e. The maximum atomic E-state index is 10.6. The number of aliphatic carboxylic acids is 1. The minimum absolute atomic E-state index is 0.163. The number of carboxylic acid groups (broad SMARTS) is 1. The molecule has 0 aliphatic rings. The maximum absolute atomic E-state index is 10.6. The smallest absolute Gasteiger partial charge is 0.349 e. The van der Waals surface area contributed by atoms with E-state index in [9.17, 15) is 14.9 Å². The summed E-state index contributed by atoms with van der Waals surface area (Å²) < 4.78 is 5.24. The average Bonchev–Trinajstić information content (AvgIpc) is 3.39. The van der Waals surface area contributed by atoms with Gasteiger partial charge in [-0.05, 0) is 41.0 Å². The lowest BCUT2D eigenvalue weighted by Crippen LogP contribution is -2.14. The maximum Gasteiger partial charge on any atom is 0.349 e. The van der Waals surface area contributed by atoms with E-state index in [1.165, 1.54) is 40.7 Å². The number of rotatable bonds is 8. The third-order valence-electron chi connectivity index (χ3n) is 6.08. The molecule has 4 aromatic carbocycles. The Bertz CT molecular complexity index is 1670. The zero-order chi connectivity index (χ0) is 29.4. The van der Waals surface area contributed by atoms with Crippen molar-refractivity contribution >= 4 is 33.8 Å². The molecule has 0 fully saturated rings. The van der Waals surface area contributed by atoms with E-state index in [2.05, 4.69) is 41.4 Å². The number of aromatic nitrogens is 1. The van der Waals surface area contributed by atoms with Gasteiger partial charge in [0, 0.05) is 23.6 Å². The molecule has 0 amide bonds. The fourth-order valence-electron chi connectivity index (χ4n) is 4.03. The topological polar surface area (TPSA) is 152 Å². The fraction of sp³-hybridized carbons (Fsp3) is 0.0645. The number of para-hydroxylation sites is 1. The molecule has 0 saturated heterocycles. The molecule has 0 aliphatic heterocycles. The third-order valence-corrected chi connectivity index (χ3v) is 7.01. The van der Waals surface area contributed by atoms with Crippen LogP contribution in [0.15, 0.2) is 103 Å². The van der Waals surface area contributed by atoms with Crippen molar-refractivity contribution in [2.24, 2.45) is 0 Å². The number of nitrogen functional groups attached to an aromatic ring is 1. The molecule has 1 heterocycles. The lowest BCUT2D eigenvalue weighted by molar-refractivity contribution is -0.385. The van der Waals surface area contributed by atoms with Crippen molar-refractivity contribution in [1.82, 2.24) is 4.98 Å². The van der Waals surface area contributed by atoms with Crippen molar-refractivity contribution in [1.29, 1.82) is 5.41 Å². The predicted molar refractivity (Wildman–Crippen MR) is 162 cm³/mol. The molecular formula is C31H26N4O5S. The second-order valence-corrected chi connectivity index (χ2v) is 9.78. The van der Waals surface area contributed by atoms with E-state index in [1.807, 2.05) is 42.5 Å². The van der Waals surface area contributed by atoms with Crippen LogP contribution < -0.4 is 10.5 Å². The van der Waals surface area contributed by atoms with Crippen LogP contribution in [-0.4, -0.2) is 33.8 Å². The van der Waals surface area contributed by atoms with Crippen molar-refractivity contribution in [3.63, 3.8) is 0 Å². The first-order valence-electron chi connectivity index (χ1n) is 12.4. The normalized spacial score (nSPS) is 10.3. The first-order valence-corrected chi connectivity index (χ1v) is 13.2. The first kappa shape index (κ1) is 28.7. The number of hydrogen-bond acceptors (Lipinski definition) is 8. The predicted octanol–water partition coefficient (Wildman–Crippen LogP) is 6.98. The lowest BCUT2D eigenvalue weighted by atomic mass is 10.0. The summed E-state index contributed by atoms with van der Waals surface area (Å²) in [6.45, 7) is 0. The van der Waals surface area contributed by atoms with Gasteiger partial charge in [0.1, 0.15) is 11.5 Å². The SMILES string of the molecule is COc1ccc(-c2sc(N)nc2-c2ccc(-c3ccccc3)cc2)cc1.N=C(Cc1ccccc1[N+](=O)[O-])C(=O)O. The monoisotopic (exact) mass is 566 g/mol. The number of benzene rings is 4. The lowest BCUT2D eigenvalue weighted by Gasteiger charge is -2.06. The van der Waals surface area contributed by atoms with Crippen molar-refractivity contribution in [2.75, 3.05) is 12.8 Å². The van der Waals surface area contributed by atoms with Crippen LogP contribution in [-0.2, 0) is 11.2 Å². The van der Waals surface area contributed by atoms with Gasteiger partial charge in [-0.2, -0.15) is 0 Å². The largest absolute Gasteiger partial charge is 0.497 e. The van der Waals surface area contributed by atoms with E-state index < -0.39 is 16.6 Å². The van der Waals surface area contributed by atoms with Crippen molar-refractivity contribution < 1.29 is 19.6 Å². The summed E-state index contributed by atoms with van der Waals surface area (Å²) in [5.74, 6) is -0.534. The molecule has 0 saturated carbocycles. The van der Waals surface area contributed by atoms with E-state index in [0.29, 0.717) is 5.13 Å². The summed E-state index contributed by atoms with van der Waals surface area (Å²) in [6.07, 6.45) is -0.244. The van der Waals surface area contributed by atoms with E-state index in [4.69, 9.17) is 21.0 Å². The van der Waals surface area contributed by atoms with Crippen molar-refractivity contribution in [2.45, 2.75) is 6.42 Å². The van der Waals surface area contributed by atoms with Crippen LogP contribution in [0, 0.1) is 15.5 Å². The van der Waals surface area contributed by atoms with Gasteiger partial charge in [0.15, 0.2) is 5.13 Å². The Morgan fingerprint density at radius 1 is 0.902 bits per heavy atom. The molecule has 0 radical (unpaired) electrons. The first-order chi connectivity index (χ1) is 19.8. The van der Waals surface area contributed by atoms with E-state index in [1.54, 1.807) is 13.2 Å². The number of carboxylic acids is 1. The van der Waals surface area contributed by atoms with E-state index in [0.717, 1.165) is 27.4 Å². The molecular weight excluding hydrogens is 540 g/mol. The molecule has 5 aromatic rings. The number of nitro benzene ring substituents is 1. The Balaban J connectivity index is 0.000000221. The number of methoxy groups -OCH3 is 1. The molecule has 10 heteroatoms. The van der Waals surface area contributed by atoms with Crippen LogP contribution in [0.3, 0.4) is 0 Å². The summed E-state index contributed by atoms with van der Waals surface area (Å²) in [4.78, 5) is 26.0.